The Morgan fingerprint density at radius 1 is 1.32 bits per heavy atom. The fourth-order valence-corrected chi connectivity index (χ4v) is 3.07. The van der Waals surface area contributed by atoms with Gasteiger partial charge in [-0.25, -0.2) is 4.39 Å². The first-order valence-electron chi connectivity index (χ1n) is 7.21. The van der Waals surface area contributed by atoms with Gasteiger partial charge in [-0.2, -0.15) is 0 Å². The van der Waals surface area contributed by atoms with Gasteiger partial charge in [0.1, 0.15) is 5.82 Å². The highest BCUT2D eigenvalue weighted by molar-refractivity contribution is 6.30. The van der Waals surface area contributed by atoms with Crippen LogP contribution < -0.4 is 0 Å². The Bertz CT molecular complexity index is 641. The molecule has 4 nitrogen and oxygen atoms in total. The lowest BCUT2D eigenvalue weighted by atomic mass is 10.0. The summed E-state index contributed by atoms with van der Waals surface area (Å²) in [6.45, 7) is 2.01. The van der Waals surface area contributed by atoms with E-state index in [1.807, 2.05) is 0 Å². The summed E-state index contributed by atoms with van der Waals surface area (Å²) in [7, 11) is 0. The molecule has 0 bridgehead atoms. The predicted molar refractivity (Wildman–Crippen MR) is 81.9 cm³/mol. The Morgan fingerprint density at radius 3 is 2.91 bits per heavy atom. The summed E-state index contributed by atoms with van der Waals surface area (Å²) in [5.74, 6) is -0.278. The maximum Gasteiger partial charge on any atom is 0.141 e. The summed E-state index contributed by atoms with van der Waals surface area (Å²) in [4.78, 5) is 10.5. The van der Waals surface area contributed by atoms with E-state index in [2.05, 4.69) is 14.9 Å². The molecule has 1 N–H and O–H groups in total. The van der Waals surface area contributed by atoms with Crippen molar-refractivity contribution in [1.82, 2.24) is 14.9 Å². The zero-order valence-corrected chi connectivity index (χ0v) is 12.7. The van der Waals surface area contributed by atoms with Crippen LogP contribution in [0.5, 0.6) is 0 Å². The van der Waals surface area contributed by atoms with E-state index >= 15 is 0 Å². The molecule has 0 unspecified atom stereocenters. The summed E-state index contributed by atoms with van der Waals surface area (Å²) < 4.78 is 13.2. The molecule has 0 amide bonds. The molecule has 22 heavy (non-hydrogen) atoms. The molecule has 1 saturated heterocycles. The van der Waals surface area contributed by atoms with Crippen molar-refractivity contribution in [3.8, 4) is 0 Å². The smallest absolute Gasteiger partial charge is 0.141 e. The van der Waals surface area contributed by atoms with Gasteiger partial charge in [-0.3, -0.25) is 14.9 Å². The van der Waals surface area contributed by atoms with Crippen LogP contribution in [0.1, 0.15) is 11.3 Å². The number of aliphatic hydroxyl groups is 1. The van der Waals surface area contributed by atoms with Crippen LogP contribution in [0.3, 0.4) is 0 Å². The average molecular weight is 322 g/mol. The first kappa shape index (κ1) is 15.3. The number of hydrogen-bond donors (Lipinski definition) is 1. The Morgan fingerprint density at radius 2 is 2.18 bits per heavy atom. The van der Waals surface area contributed by atoms with E-state index in [9.17, 15) is 9.50 Å². The van der Waals surface area contributed by atoms with Gasteiger partial charge in [0.05, 0.1) is 16.8 Å². The van der Waals surface area contributed by atoms with Crippen LogP contribution in [0, 0.1) is 11.7 Å². The third-order valence-corrected chi connectivity index (χ3v) is 4.25. The molecule has 2 heterocycles. The number of likely N-dealkylation sites (tertiary alicyclic amines) is 1. The third kappa shape index (κ3) is 3.61. The third-order valence-electron chi connectivity index (χ3n) is 3.96. The Hall–Kier alpha value is -1.56. The first-order valence-corrected chi connectivity index (χ1v) is 7.59. The number of nitrogens with zero attached hydrogens (tertiary/aromatic N) is 3. The topological polar surface area (TPSA) is 49.2 Å². The van der Waals surface area contributed by atoms with Gasteiger partial charge in [0.25, 0.3) is 0 Å². The standard InChI is InChI=1S/C16H17ClFN3O/c17-14-5-11(1-2-15(14)18)8-21-9-12(16(22)10-21)6-13-7-19-3-4-20-13/h1-5,7,12,16,22H,6,8-10H2/t12-,16-/m1/s1. The number of β-amino-alcohol motifs (C(OH)–C–C–N with tert-alkyl or cyclic N) is 1. The average Bonchev–Trinajstić information content (AvgIpc) is 2.84. The second kappa shape index (κ2) is 6.69. The van der Waals surface area contributed by atoms with E-state index in [4.69, 9.17) is 11.6 Å². The Labute approximate surface area is 133 Å². The van der Waals surface area contributed by atoms with Crippen LogP contribution in [0.15, 0.2) is 36.8 Å². The van der Waals surface area contributed by atoms with E-state index in [1.54, 1.807) is 30.7 Å². The zero-order chi connectivity index (χ0) is 15.5. The summed E-state index contributed by atoms with van der Waals surface area (Å²) in [5.41, 5.74) is 1.83. The van der Waals surface area contributed by atoms with Crippen molar-refractivity contribution in [2.24, 2.45) is 5.92 Å². The monoisotopic (exact) mass is 321 g/mol. The van der Waals surface area contributed by atoms with Crippen molar-refractivity contribution in [1.29, 1.82) is 0 Å². The van der Waals surface area contributed by atoms with Crippen molar-refractivity contribution in [3.63, 3.8) is 0 Å². The van der Waals surface area contributed by atoms with E-state index in [0.29, 0.717) is 19.5 Å². The van der Waals surface area contributed by atoms with Crippen LogP contribution in [0.25, 0.3) is 0 Å². The van der Waals surface area contributed by atoms with Crippen molar-refractivity contribution in [2.45, 2.75) is 19.1 Å². The van der Waals surface area contributed by atoms with Crippen molar-refractivity contribution >= 4 is 11.6 Å². The molecule has 1 fully saturated rings. The number of aliphatic hydroxyl groups excluding tert-OH is 1. The second-order valence-corrected chi connectivity index (χ2v) is 6.08. The molecule has 116 valence electrons. The Kier molecular flexibility index (Phi) is 4.66. The molecular weight excluding hydrogens is 305 g/mol. The highest BCUT2D eigenvalue weighted by Crippen LogP contribution is 2.24. The first-order chi connectivity index (χ1) is 10.6. The molecule has 0 radical (unpaired) electrons. The minimum absolute atomic E-state index is 0.132. The fourth-order valence-electron chi connectivity index (χ4n) is 2.87. The molecule has 6 heteroatoms. The molecule has 1 aliphatic heterocycles. The molecule has 2 aromatic rings. The molecule has 0 aliphatic carbocycles. The molecule has 1 aromatic heterocycles. The predicted octanol–water partition coefficient (Wildman–Crippen LogP) is 2.30. The van der Waals surface area contributed by atoms with E-state index < -0.39 is 11.9 Å². The number of benzene rings is 1. The van der Waals surface area contributed by atoms with Gasteiger partial charge in [0.2, 0.25) is 0 Å². The van der Waals surface area contributed by atoms with Crippen molar-refractivity contribution in [3.05, 3.63) is 58.9 Å². The van der Waals surface area contributed by atoms with Gasteiger partial charge in [0.15, 0.2) is 0 Å². The highest BCUT2D eigenvalue weighted by Gasteiger charge is 2.31. The minimum Gasteiger partial charge on any atom is -0.391 e. The lowest BCUT2D eigenvalue weighted by Crippen LogP contribution is -2.21. The van der Waals surface area contributed by atoms with Crippen LogP contribution >= 0.6 is 11.6 Å². The second-order valence-electron chi connectivity index (χ2n) is 5.67. The van der Waals surface area contributed by atoms with Gasteiger partial charge in [-0.15, -0.1) is 0 Å². The van der Waals surface area contributed by atoms with E-state index in [0.717, 1.165) is 17.8 Å². The van der Waals surface area contributed by atoms with E-state index in [-0.39, 0.29) is 10.9 Å². The van der Waals surface area contributed by atoms with Gasteiger partial charge in [-0.05, 0) is 24.1 Å². The van der Waals surface area contributed by atoms with Gasteiger partial charge < -0.3 is 5.11 Å². The van der Waals surface area contributed by atoms with Crippen LogP contribution in [0.2, 0.25) is 5.02 Å². The van der Waals surface area contributed by atoms with Crippen molar-refractivity contribution in [2.75, 3.05) is 13.1 Å². The van der Waals surface area contributed by atoms with Crippen LogP contribution in [-0.4, -0.2) is 39.2 Å². The van der Waals surface area contributed by atoms with Crippen LogP contribution in [-0.2, 0) is 13.0 Å². The largest absolute Gasteiger partial charge is 0.391 e. The van der Waals surface area contributed by atoms with Gasteiger partial charge in [-0.1, -0.05) is 17.7 Å². The Balaban J connectivity index is 1.61. The molecule has 0 spiro atoms. The van der Waals surface area contributed by atoms with Crippen molar-refractivity contribution < 1.29 is 9.50 Å². The maximum absolute atomic E-state index is 13.2. The maximum atomic E-state index is 13.2. The number of rotatable bonds is 4. The minimum atomic E-state index is -0.410. The zero-order valence-electron chi connectivity index (χ0n) is 12.0. The molecule has 0 saturated carbocycles. The fraction of sp³-hybridized carbons (Fsp3) is 0.375. The lowest BCUT2D eigenvalue weighted by Gasteiger charge is -2.15. The number of aromatic nitrogens is 2. The quantitative estimate of drug-likeness (QED) is 0.939. The molecule has 2 atom stereocenters. The summed E-state index contributed by atoms with van der Waals surface area (Å²) in [6.07, 6.45) is 5.34. The number of hydrogen-bond acceptors (Lipinski definition) is 4. The molecule has 3 rings (SSSR count). The number of halogens is 2. The highest BCUT2D eigenvalue weighted by atomic mass is 35.5. The molecular formula is C16H17ClFN3O. The normalized spacial score (nSPS) is 22.1. The van der Waals surface area contributed by atoms with Crippen LogP contribution in [0.4, 0.5) is 4.39 Å². The lowest BCUT2D eigenvalue weighted by molar-refractivity contribution is 0.140. The van der Waals surface area contributed by atoms with Gasteiger partial charge in [0, 0.05) is 44.1 Å². The summed E-state index contributed by atoms with van der Waals surface area (Å²) in [6, 6.07) is 4.74. The summed E-state index contributed by atoms with van der Waals surface area (Å²) >= 11 is 5.81. The molecule has 1 aromatic carbocycles. The summed E-state index contributed by atoms with van der Waals surface area (Å²) in [5, 5.41) is 10.4. The van der Waals surface area contributed by atoms with Gasteiger partial charge >= 0.3 is 0 Å². The SMILES string of the molecule is O[C@@H]1CN(Cc2ccc(F)c(Cl)c2)C[C@H]1Cc1cnccn1. The van der Waals surface area contributed by atoms with E-state index in [1.165, 1.54) is 6.07 Å². The molecule has 1 aliphatic rings.